The van der Waals surface area contributed by atoms with Gasteiger partial charge in [0.25, 0.3) is 0 Å². The molecular weight excluding hydrogens is 436 g/mol. The van der Waals surface area contributed by atoms with E-state index in [2.05, 4.69) is 58.9 Å². The lowest BCUT2D eigenvalue weighted by atomic mass is 10.1. The van der Waals surface area contributed by atoms with Crippen molar-refractivity contribution in [2.24, 2.45) is 0 Å². The summed E-state index contributed by atoms with van der Waals surface area (Å²) in [4.78, 5) is 33.7. The van der Waals surface area contributed by atoms with Crippen molar-refractivity contribution in [3.63, 3.8) is 0 Å². The minimum absolute atomic E-state index is 0.000935. The van der Waals surface area contributed by atoms with Crippen LogP contribution in [-0.4, -0.2) is 85.0 Å². The number of methoxy groups -OCH3 is 1. The molecule has 178 valence electrons. The van der Waals surface area contributed by atoms with Crippen molar-refractivity contribution in [2.45, 2.75) is 38.5 Å². The van der Waals surface area contributed by atoms with Gasteiger partial charge in [0.1, 0.15) is 12.6 Å². The maximum atomic E-state index is 13.4. The Kier molecular flexibility index (Phi) is 8.14. The van der Waals surface area contributed by atoms with Gasteiger partial charge in [-0.2, -0.15) is 0 Å². The van der Waals surface area contributed by atoms with E-state index in [-0.39, 0.29) is 24.5 Å². The normalized spacial score (nSPS) is 21.1. The summed E-state index contributed by atoms with van der Waals surface area (Å²) in [5, 5.41) is 5.39. The molecule has 2 aliphatic heterocycles. The van der Waals surface area contributed by atoms with Crippen molar-refractivity contribution < 1.29 is 14.3 Å². The number of nitrogens with zero attached hydrogens (tertiary/aromatic N) is 3. The zero-order valence-electron chi connectivity index (χ0n) is 19.5. The van der Waals surface area contributed by atoms with E-state index in [0.29, 0.717) is 26.1 Å². The van der Waals surface area contributed by atoms with Crippen LogP contribution in [0.4, 0.5) is 0 Å². The van der Waals surface area contributed by atoms with Crippen molar-refractivity contribution in [1.82, 2.24) is 20.0 Å². The lowest BCUT2D eigenvalue weighted by Crippen LogP contribution is -2.53. The molecule has 1 N–H and O–H groups in total. The summed E-state index contributed by atoms with van der Waals surface area (Å²) >= 11 is 1.74. The van der Waals surface area contributed by atoms with E-state index in [1.807, 2.05) is 4.90 Å². The highest BCUT2D eigenvalue weighted by atomic mass is 32.1. The largest absolute Gasteiger partial charge is 0.375 e. The molecule has 0 radical (unpaired) electrons. The van der Waals surface area contributed by atoms with Crippen molar-refractivity contribution in [3.05, 3.63) is 57.8 Å². The van der Waals surface area contributed by atoms with Gasteiger partial charge in [0.15, 0.2) is 0 Å². The van der Waals surface area contributed by atoms with Gasteiger partial charge < -0.3 is 19.9 Å². The number of hydrogen-bond donors (Lipinski definition) is 1. The third-order valence-corrected chi connectivity index (χ3v) is 7.40. The van der Waals surface area contributed by atoms with Crippen LogP contribution in [0.3, 0.4) is 0 Å². The molecule has 0 bridgehead atoms. The smallest absolute Gasteiger partial charge is 0.249 e. The van der Waals surface area contributed by atoms with Gasteiger partial charge in [-0.15, -0.1) is 11.3 Å². The standard InChI is InChI=1S/C25H34N4O3S/c1-19-5-7-20(8-6-19)15-28(17-22-4-3-13-33-22)21-14-23(29(16-21)24(30)18-32-2)25(31)27-11-9-26-10-12-27/h3-8,13,21,23,26H,9-12,14-18H2,1-2H3. The highest BCUT2D eigenvalue weighted by Gasteiger charge is 2.43. The number of hydrogen-bond acceptors (Lipinski definition) is 6. The molecule has 2 fully saturated rings. The van der Waals surface area contributed by atoms with Crippen LogP contribution in [0.5, 0.6) is 0 Å². The first-order chi connectivity index (χ1) is 16.0. The summed E-state index contributed by atoms with van der Waals surface area (Å²) in [5.74, 6) is -0.0465. The van der Waals surface area contributed by atoms with Gasteiger partial charge in [-0.1, -0.05) is 35.9 Å². The number of ether oxygens (including phenoxy) is 1. The van der Waals surface area contributed by atoms with Crippen LogP contribution in [0.25, 0.3) is 0 Å². The third-order valence-electron chi connectivity index (χ3n) is 6.54. The molecule has 1 aromatic heterocycles. The topological polar surface area (TPSA) is 65.1 Å². The Morgan fingerprint density at radius 2 is 1.91 bits per heavy atom. The van der Waals surface area contributed by atoms with Crippen LogP contribution in [0.2, 0.25) is 0 Å². The first kappa shape index (κ1) is 23.9. The van der Waals surface area contributed by atoms with E-state index < -0.39 is 6.04 Å². The molecule has 33 heavy (non-hydrogen) atoms. The first-order valence-electron chi connectivity index (χ1n) is 11.6. The minimum Gasteiger partial charge on any atom is -0.375 e. The Labute approximate surface area is 200 Å². The molecule has 3 heterocycles. The summed E-state index contributed by atoms with van der Waals surface area (Å²) in [6.45, 7) is 7.19. The molecule has 2 unspecified atom stereocenters. The van der Waals surface area contributed by atoms with Gasteiger partial charge in [0, 0.05) is 63.8 Å². The molecule has 4 rings (SSSR count). The fourth-order valence-corrected chi connectivity index (χ4v) is 5.46. The Bertz CT molecular complexity index is 912. The number of rotatable bonds is 8. The average molecular weight is 471 g/mol. The molecule has 2 saturated heterocycles. The average Bonchev–Trinajstić information content (AvgIpc) is 3.50. The SMILES string of the molecule is COCC(=O)N1CC(N(Cc2ccc(C)cc2)Cc2cccs2)CC1C(=O)N1CCNCC1. The van der Waals surface area contributed by atoms with E-state index in [0.717, 1.165) is 26.2 Å². The Balaban J connectivity index is 1.56. The fourth-order valence-electron chi connectivity index (χ4n) is 4.74. The first-order valence-corrected chi connectivity index (χ1v) is 12.5. The Morgan fingerprint density at radius 3 is 2.58 bits per heavy atom. The minimum atomic E-state index is -0.431. The molecule has 1 aromatic carbocycles. The Morgan fingerprint density at radius 1 is 1.15 bits per heavy atom. The van der Waals surface area contributed by atoms with Crippen molar-refractivity contribution in [3.8, 4) is 0 Å². The second kappa shape index (κ2) is 11.2. The highest BCUT2D eigenvalue weighted by Crippen LogP contribution is 2.28. The summed E-state index contributed by atoms with van der Waals surface area (Å²) in [6, 6.07) is 12.5. The quantitative estimate of drug-likeness (QED) is 0.640. The van der Waals surface area contributed by atoms with E-state index in [4.69, 9.17) is 4.74 Å². The number of aryl methyl sites for hydroxylation is 1. The molecule has 7 nitrogen and oxygen atoms in total. The molecule has 8 heteroatoms. The maximum Gasteiger partial charge on any atom is 0.249 e. The van der Waals surface area contributed by atoms with E-state index in [1.165, 1.54) is 23.1 Å². The van der Waals surface area contributed by atoms with E-state index >= 15 is 0 Å². The zero-order valence-corrected chi connectivity index (χ0v) is 20.4. The van der Waals surface area contributed by atoms with Gasteiger partial charge in [0.2, 0.25) is 11.8 Å². The van der Waals surface area contributed by atoms with Crippen molar-refractivity contribution in [2.75, 3.05) is 46.4 Å². The zero-order chi connectivity index (χ0) is 23.2. The molecule has 2 amide bonds. The summed E-state index contributed by atoms with van der Waals surface area (Å²) in [6.07, 6.45) is 0.648. The van der Waals surface area contributed by atoms with Crippen LogP contribution in [-0.2, 0) is 27.4 Å². The monoisotopic (exact) mass is 470 g/mol. The predicted octanol–water partition coefficient (Wildman–Crippen LogP) is 2.11. The number of benzene rings is 1. The molecule has 2 aliphatic rings. The summed E-state index contributed by atoms with van der Waals surface area (Å²) in [7, 11) is 1.53. The Hall–Kier alpha value is -2.26. The van der Waals surface area contributed by atoms with Crippen molar-refractivity contribution >= 4 is 23.2 Å². The highest BCUT2D eigenvalue weighted by molar-refractivity contribution is 7.09. The second-order valence-corrected chi connectivity index (χ2v) is 9.96. The van der Waals surface area contributed by atoms with Gasteiger partial charge in [-0.05, 0) is 30.4 Å². The van der Waals surface area contributed by atoms with Crippen molar-refractivity contribution in [1.29, 1.82) is 0 Å². The molecular formula is C25H34N4O3S. The number of amides is 2. The van der Waals surface area contributed by atoms with Crippen LogP contribution in [0.15, 0.2) is 41.8 Å². The maximum absolute atomic E-state index is 13.4. The van der Waals surface area contributed by atoms with Gasteiger partial charge in [-0.25, -0.2) is 0 Å². The third kappa shape index (κ3) is 6.00. The lowest BCUT2D eigenvalue weighted by molar-refractivity contribution is -0.146. The predicted molar refractivity (Wildman–Crippen MR) is 130 cm³/mol. The summed E-state index contributed by atoms with van der Waals surface area (Å²) in [5.41, 5.74) is 2.48. The van der Waals surface area contributed by atoms with Gasteiger partial charge in [-0.3, -0.25) is 14.5 Å². The van der Waals surface area contributed by atoms with Gasteiger partial charge in [0.05, 0.1) is 0 Å². The van der Waals surface area contributed by atoms with Crippen LogP contribution in [0.1, 0.15) is 22.4 Å². The molecule has 2 aromatic rings. The number of piperazine rings is 1. The fraction of sp³-hybridized carbons (Fsp3) is 0.520. The molecule has 0 aliphatic carbocycles. The molecule has 0 saturated carbocycles. The second-order valence-electron chi connectivity index (χ2n) is 8.93. The summed E-state index contributed by atoms with van der Waals surface area (Å²) < 4.78 is 5.14. The lowest BCUT2D eigenvalue weighted by Gasteiger charge is -2.32. The van der Waals surface area contributed by atoms with E-state index in [9.17, 15) is 9.59 Å². The van der Waals surface area contributed by atoms with Gasteiger partial charge >= 0.3 is 0 Å². The number of carbonyl (C=O) groups is 2. The number of nitrogens with one attached hydrogen (secondary N) is 1. The van der Waals surface area contributed by atoms with Crippen LogP contribution in [0, 0.1) is 6.92 Å². The van der Waals surface area contributed by atoms with E-state index in [1.54, 1.807) is 16.2 Å². The molecule has 2 atom stereocenters. The molecule has 0 spiro atoms. The number of thiophene rings is 1. The number of likely N-dealkylation sites (tertiary alicyclic amines) is 1. The van der Waals surface area contributed by atoms with Crippen LogP contribution >= 0.6 is 11.3 Å². The number of carbonyl (C=O) groups excluding carboxylic acids is 2. The van der Waals surface area contributed by atoms with Crippen LogP contribution < -0.4 is 5.32 Å².